The van der Waals surface area contributed by atoms with Crippen LogP contribution in [0.3, 0.4) is 0 Å². The van der Waals surface area contributed by atoms with E-state index in [1.54, 1.807) is 29.2 Å². The molecule has 7 nitrogen and oxygen atoms in total. The first kappa shape index (κ1) is 22.6. The van der Waals surface area contributed by atoms with Gasteiger partial charge >= 0.3 is 0 Å². The van der Waals surface area contributed by atoms with E-state index in [9.17, 15) is 14.7 Å². The van der Waals surface area contributed by atoms with Gasteiger partial charge in [-0.25, -0.2) is 5.43 Å². The standard InChI is InChI=1S/C27H20BrN3O4/c1-35-23-13-17(12-21(28)25(23)32)14-29-30-26(33)19-10-8-16(9-11-19)15-31-22-7-3-5-18-4-2-6-20(24(18)22)27(31)34/h2-14,32H,15H2,1H3,(H,30,33)/b29-14+. The molecule has 4 aromatic rings. The molecule has 8 heteroatoms. The fourth-order valence-corrected chi connectivity index (χ4v) is 4.59. The number of methoxy groups -OCH3 is 1. The predicted octanol–water partition coefficient (Wildman–Crippen LogP) is 5.24. The molecule has 0 saturated heterocycles. The van der Waals surface area contributed by atoms with Gasteiger partial charge in [0.2, 0.25) is 0 Å². The van der Waals surface area contributed by atoms with Crippen LogP contribution >= 0.6 is 15.9 Å². The van der Waals surface area contributed by atoms with E-state index in [4.69, 9.17) is 4.74 Å². The van der Waals surface area contributed by atoms with Gasteiger partial charge in [-0.2, -0.15) is 5.10 Å². The molecule has 0 saturated carbocycles. The van der Waals surface area contributed by atoms with Crippen LogP contribution in [0.15, 0.2) is 82.4 Å². The summed E-state index contributed by atoms with van der Waals surface area (Å²) in [6, 6.07) is 22.0. The fraction of sp³-hybridized carbons (Fsp3) is 0.0741. The van der Waals surface area contributed by atoms with Crippen molar-refractivity contribution >= 4 is 50.4 Å². The van der Waals surface area contributed by atoms with Crippen LogP contribution in [0.1, 0.15) is 31.8 Å². The molecule has 174 valence electrons. The number of amides is 2. The van der Waals surface area contributed by atoms with Gasteiger partial charge in [0.15, 0.2) is 11.5 Å². The number of halogens is 1. The average molecular weight is 530 g/mol. The highest BCUT2D eigenvalue weighted by atomic mass is 79.9. The molecular formula is C27H20BrN3O4. The van der Waals surface area contributed by atoms with Gasteiger partial charge in [-0.3, -0.25) is 9.59 Å². The summed E-state index contributed by atoms with van der Waals surface area (Å²) in [4.78, 5) is 27.3. The highest BCUT2D eigenvalue weighted by molar-refractivity contribution is 9.10. The first-order valence-corrected chi connectivity index (χ1v) is 11.6. The van der Waals surface area contributed by atoms with Crippen molar-refractivity contribution in [3.63, 3.8) is 0 Å². The zero-order valence-corrected chi connectivity index (χ0v) is 20.2. The Labute approximate surface area is 209 Å². The highest BCUT2D eigenvalue weighted by Gasteiger charge is 2.29. The molecule has 2 amide bonds. The lowest BCUT2D eigenvalue weighted by Crippen LogP contribution is -2.26. The van der Waals surface area contributed by atoms with E-state index in [2.05, 4.69) is 26.5 Å². The van der Waals surface area contributed by atoms with Gasteiger partial charge < -0.3 is 14.7 Å². The second-order valence-corrected chi connectivity index (χ2v) is 8.88. The molecule has 4 aromatic carbocycles. The Kier molecular flexibility index (Phi) is 5.96. The topological polar surface area (TPSA) is 91.2 Å². The number of phenols is 1. The van der Waals surface area contributed by atoms with Gasteiger partial charge in [0.1, 0.15) is 0 Å². The summed E-state index contributed by atoms with van der Waals surface area (Å²) in [5, 5.41) is 15.9. The number of hydrazone groups is 1. The van der Waals surface area contributed by atoms with Crippen molar-refractivity contribution in [3.05, 3.63) is 99.5 Å². The smallest absolute Gasteiger partial charge is 0.271 e. The summed E-state index contributed by atoms with van der Waals surface area (Å²) >= 11 is 3.25. The lowest BCUT2D eigenvalue weighted by Gasteiger charge is -2.18. The number of rotatable bonds is 6. The SMILES string of the molecule is COc1cc(/C=N/NC(=O)c2ccc(CN3C(=O)c4cccc5cccc3c45)cc2)cc(Br)c1O. The summed E-state index contributed by atoms with van der Waals surface area (Å²) in [5.74, 6) is -0.110. The Morgan fingerprint density at radius 1 is 1.11 bits per heavy atom. The summed E-state index contributed by atoms with van der Waals surface area (Å²) < 4.78 is 5.56. The van der Waals surface area contributed by atoms with Crippen molar-refractivity contribution < 1.29 is 19.4 Å². The molecule has 0 unspecified atom stereocenters. The number of benzene rings is 4. The third kappa shape index (κ3) is 4.24. The molecule has 1 aliphatic rings. The van der Waals surface area contributed by atoms with E-state index in [0.717, 1.165) is 22.0 Å². The van der Waals surface area contributed by atoms with E-state index in [0.29, 0.717) is 33.5 Å². The Morgan fingerprint density at radius 2 is 1.86 bits per heavy atom. The van der Waals surface area contributed by atoms with Gasteiger partial charge in [0.05, 0.1) is 30.0 Å². The van der Waals surface area contributed by atoms with Gasteiger partial charge in [-0.05, 0) is 68.8 Å². The van der Waals surface area contributed by atoms with Gasteiger partial charge in [0, 0.05) is 16.5 Å². The monoisotopic (exact) mass is 529 g/mol. The van der Waals surface area contributed by atoms with E-state index in [1.165, 1.54) is 13.3 Å². The molecule has 0 aliphatic carbocycles. The van der Waals surface area contributed by atoms with Crippen LogP contribution in [0, 0.1) is 0 Å². The molecule has 1 aliphatic heterocycles. The second-order valence-electron chi connectivity index (χ2n) is 8.02. The minimum atomic E-state index is -0.368. The van der Waals surface area contributed by atoms with Crippen molar-refractivity contribution in [1.82, 2.24) is 5.43 Å². The number of hydrogen-bond acceptors (Lipinski definition) is 5. The van der Waals surface area contributed by atoms with Gasteiger partial charge in [0.25, 0.3) is 11.8 Å². The lowest BCUT2D eigenvalue weighted by molar-refractivity contribution is 0.0953. The van der Waals surface area contributed by atoms with Crippen molar-refractivity contribution in [2.24, 2.45) is 5.10 Å². The summed E-state index contributed by atoms with van der Waals surface area (Å²) in [6.45, 7) is 0.407. The average Bonchev–Trinajstić information content (AvgIpc) is 3.14. The molecule has 0 radical (unpaired) electrons. The van der Waals surface area contributed by atoms with Gasteiger partial charge in [-0.15, -0.1) is 0 Å². The molecule has 0 aromatic heterocycles. The van der Waals surface area contributed by atoms with E-state index < -0.39 is 0 Å². The molecule has 35 heavy (non-hydrogen) atoms. The molecule has 5 rings (SSSR count). The molecule has 1 heterocycles. The quantitative estimate of drug-likeness (QED) is 0.264. The number of phenolic OH excluding ortho intramolecular Hbond substituents is 1. The van der Waals surface area contributed by atoms with E-state index in [-0.39, 0.29) is 17.6 Å². The van der Waals surface area contributed by atoms with Crippen LogP contribution in [0.4, 0.5) is 5.69 Å². The zero-order chi connectivity index (χ0) is 24.5. The maximum atomic E-state index is 13.0. The summed E-state index contributed by atoms with van der Waals surface area (Å²) in [6.07, 6.45) is 1.45. The summed E-state index contributed by atoms with van der Waals surface area (Å²) in [5.41, 5.74) is 6.08. The number of nitrogens with one attached hydrogen (secondary N) is 1. The third-order valence-electron chi connectivity index (χ3n) is 5.86. The number of anilines is 1. The van der Waals surface area contributed by atoms with Crippen LogP contribution in [-0.4, -0.2) is 30.2 Å². The molecular weight excluding hydrogens is 510 g/mol. The third-order valence-corrected chi connectivity index (χ3v) is 6.46. The van der Waals surface area contributed by atoms with Crippen molar-refractivity contribution in [2.45, 2.75) is 6.54 Å². The number of carbonyl (C=O) groups is 2. The van der Waals surface area contributed by atoms with Crippen molar-refractivity contribution in [3.8, 4) is 11.5 Å². The first-order chi connectivity index (χ1) is 17.0. The van der Waals surface area contributed by atoms with E-state index >= 15 is 0 Å². The minimum Gasteiger partial charge on any atom is -0.503 e. The van der Waals surface area contributed by atoms with Crippen LogP contribution in [0.2, 0.25) is 0 Å². The number of carbonyl (C=O) groups excluding carboxylic acids is 2. The van der Waals surface area contributed by atoms with Crippen molar-refractivity contribution in [1.29, 1.82) is 0 Å². The molecule has 0 atom stereocenters. The molecule has 0 bridgehead atoms. The number of hydrogen-bond donors (Lipinski definition) is 2. The van der Waals surface area contributed by atoms with Crippen LogP contribution in [-0.2, 0) is 6.54 Å². The second kappa shape index (κ2) is 9.23. The first-order valence-electron chi connectivity index (χ1n) is 10.8. The number of nitrogens with zero attached hydrogens (tertiary/aromatic N) is 2. The summed E-state index contributed by atoms with van der Waals surface area (Å²) in [7, 11) is 1.45. The number of aromatic hydroxyl groups is 1. The maximum Gasteiger partial charge on any atom is 0.271 e. The van der Waals surface area contributed by atoms with Crippen molar-refractivity contribution in [2.75, 3.05) is 12.0 Å². The molecule has 2 N–H and O–H groups in total. The highest BCUT2D eigenvalue weighted by Crippen LogP contribution is 2.38. The van der Waals surface area contributed by atoms with Gasteiger partial charge in [-0.1, -0.05) is 36.4 Å². The lowest BCUT2D eigenvalue weighted by atomic mass is 10.1. The largest absolute Gasteiger partial charge is 0.503 e. The Hall–Kier alpha value is -4.17. The van der Waals surface area contributed by atoms with Crippen LogP contribution in [0.5, 0.6) is 11.5 Å². The zero-order valence-electron chi connectivity index (χ0n) is 18.7. The molecule has 0 fully saturated rings. The normalized spacial score (nSPS) is 12.5. The Balaban J connectivity index is 1.26. The number of ether oxygens (including phenoxy) is 1. The van der Waals surface area contributed by atoms with Crippen LogP contribution in [0.25, 0.3) is 10.8 Å². The minimum absolute atomic E-state index is 0.00929. The maximum absolute atomic E-state index is 13.0. The van der Waals surface area contributed by atoms with E-state index in [1.807, 2.05) is 48.5 Å². The fourth-order valence-electron chi connectivity index (χ4n) is 4.13. The Morgan fingerprint density at radius 3 is 2.60 bits per heavy atom. The Bertz CT molecular complexity index is 1490. The van der Waals surface area contributed by atoms with Crippen LogP contribution < -0.4 is 15.1 Å². The predicted molar refractivity (Wildman–Crippen MR) is 138 cm³/mol. The molecule has 0 spiro atoms.